The van der Waals surface area contributed by atoms with E-state index < -0.39 is 18.3 Å². The quantitative estimate of drug-likeness (QED) is 0.524. The van der Waals surface area contributed by atoms with Gasteiger partial charge in [-0.1, -0.05) is 77.9 Å². The maximum Gasteiger partial charge on any atom is 0.470 e. The van der Waals surface area contributed by atoms with Crippen molar-refractivity contribution in [3.8, 4) is 5.75 Å². The maximum absolute atomic E-state index is 11.3. The molecule has 0 spiro atoms. The van der Waals surface area contributed by atoms with E-state index in [1.165, 1.54) is 11.1 Å². The molecule has 0 aliphatic carbocycles. The average Bonchev–Trinajstić information content (AvgIpc) is 2.83. The highest BCUT2D eigenvalue weighted by Gasteiger charge is 2.54. The van der Waals surface area contributed by atoms with Crippen LogP contribution in [0.3, 0.4) is 0 Å². The van der Waals surface area contributed by atoms with Crippen LogP contribution in [0.4, 0.5) is 0 Å². The summed E-state index contributed by atoms with van der Waals surface area (Å²) < 4.78 is 13.2. The van der Waals surface area contributed by atoms with E-state index in [1.54, 1.807) is 0 Å². The average molecular weight is 436 g/mol. The number of hydrogen-bond donors (Lipinski definition) is 1. The van der Waals surface area contributed by atoms with Crippen LogP contribution in [0, 0.1) is 6.92 Å². The summed E-state index contributed by atoms with van der Waals surface area (Å²) in [4.78, 5) is 0. The largest absolute Gasteiger partial charge is 0.507 e. The molecule has 1 N–H and O–H groups in total. The number of benzene rings is 2. The Morgan fingerprint density at radius 2 is 1.25 bits per heavy atom. The molecule has 1 unspecified atom stereocenters. The van der Waals surface area contributed by atoms with E-state index >= 15 is 0 Å². The van der Waals surface area contributed by atoms with Gasteiger partial charge in [0.2, 0.25) is 0 Å². The minimum absolute atomic E-state index is 0.111. The zero-order chi connectivity index (χ0) is 24.3. The summed E-state index contributed by atoms with van der Waals surface area (Å²) in [6.07, 6.45) is 0. The van der Waals surface area contributed by atoms with Gasteiger partial charge in [0.15, 0.2) is 0 Å². The lowest BCUT2D eigenvalue weighted by Gasteiger charge is -2.32. The standard InChI is InChI=1S/C28H41BO3/c1-18-14-12-13-15-20(18)23(29-31-27(8,9)28(10,11)32-29)19-16-21(25(2,3)4)24(30)22(17-19)26(5,6)7/h12-17,23,30H,1-11H3. The molecule has 174 valence electrons. The molecular formula is C28H41BO3. The molecule has 32 heavy (non-hydrogen) atoms. The van der Waals surface area contributed by atoms with Crippen LogP contribution < -0.4 is 0 Å². The van der Waals surface area contributed by atoms with Crippen molar-refractivity contribution < 1.29 is 14.4 Å². The Morgan fingerprint density at radius 3 is 1.66 bits per heavy atom. The highest BCUT2D eigenvalue weighted by Crippen LogP contribution is 2.46. The first-order valence-electron chi connectivity index (χ1n) is 11.7. The molecule has 3 rings (SSSR count). The predicted molar refractivity (Wildman–Crippen MR) is 135 cm³/mol. The molecule has 1 aliphatic rings. The van der Waals surface area contributed by atoms with Crippen LogP contribution in [0.5, 0.6) is 5.75 Å². The molecular weight excluding hydrogens is 395 g/mol. The zero-order valence-electron chi connectivity index (χ0n) is 21.9. The Balaban J connectivity index is 2.30. The molecule has 0 aromatic heterocycles. The lowest BCUT2D eigenvalue weighted by atomic mass is 9.62. The summed E-state index contributed by atoms with van der Waals surface area (Å²) in [6, 6.07) is 12.8. The van der Waals surface area contributed by atoms with E-state index in [2.05, 4.69) is 113 Å². The molecule has 1 heterocycles. The second kappa shape index (κ2) is 7.92. The van der Waals surface area contributed by atoms with Gasteiger partial charge in [0.05, 0.1) is 11.2 Å². The van der Waals surface area contributed by atoms with Crippen molar-refractivity contribution in [3.63, 3.8) is 0 Å². The Labute approximate surface area is 195 Å². The smallest absolute Gasteiger partial charge is 0.470 e. The predicted octanol–water partition coefficient (Wildman–Crippen LogP) is 7.06. The molecule has 0 saturated carbocycles. The lowest BCUT2D eigenvalue weighted by Crippen LogP contribution is -2.41. The van der Waals surface area contributed by atoms with E-state index in [9.17, 15) is 5.11 Å². The minimum atomic E-state index is -0.425. The first-order valence-corrected chi connectivity index (χ1v) is 11.7. The summed E-state index contributed by atoms with van der Waals surface area (Å²) in [7, 11) is -0.425. The molecule has 3 nitrogen and oxygen atoms in total. The fourth-order valence-corrected chi connectivity index (χ4v) is 4.42. The molecule has 0 amide bonds. The number of aromatic hydroxyl groups is 1. The molecule has 4 heteroatoms. The van der Waals surface area contributed by atoms with Gasteiger partial charge in [-0.05, 0) is 73.3 Å². The van der Waals surface area contributed by atoms with Crippen molar-refractivity contribution in [2.24, 2.45) is 0 Å². The Bertz CT molecular complexity index is 941. The van der Waals surface area contributed by atoms with Crippen molar-refractivity contribution in [2.45, 2.75) is 104 Å². The van der Waals surface area contributed by atoms with Crippen LogP contribution in [-0.2, 0) is 20.1 Å². The fourth-order valence-electron chi connectivity index (χ4n) is 4.42. The van der Waals surface area contributed by atoms with Gasteiger partial charge in [-0.3, -0.25) is 0 Å². The van der Waals surface area contributed by atoms with Crippen molar-refractivity contribution in [3.05, 3.63) is 64.2 Å². The summed E-state index contributed by atoms with van der Waals surface area (Å²) in [5, 5.41) is 11.3. The van der Waals surface area contributed by atoms with Gasteiger partial charge in [-0.15, -0.1) is 0 Å². The first-order chi connectivity index (χ1) is 14.5. The highest BCUT2D eigenvalue weighted by molar-refractivity contribution is 6.48. The molecule has 0 radical (unpaired) electrons. The highest BCUT2D eigenvalue weighted by atomic mass is 16.7. The summed E-state index contributed by atoms with van der Waals surface area (Å²) >= 11 is 0. The third kappa shape index (κ3) is 4.49. The number of aryl methyl sites for hydroxylation is 1. The summed E-state index contributed by atoms with van der Waals surface area (Å²) in [5.41, 5.74) is 4.17. The number of phenols is 1. The second-order valence-corrected chi connectivity index (χ2v) is 12.4. The van der Waals surface area contributed by atoms with Gasteiger partial charge in [-0.25, -0.2) is 0 Å². The Hall–Kier alpha value is -1.78. The Morgan fingerprint density at radius 1 is 0.812 bits per heavy atom. The van der Waals surface area contributed by atoms with Crippen molar-refractivity contribution in [2.75, 3.05) is 0 Å². The summed E-state index contributed by atoms with van der Waals surface area (Å²) in [6.45, 7) is 23.4. The van der Waals surface area contributed by atoms with E-state index in [-0.39, 0.29) is 16.6 Å². The SMILES string of the molecule is Cc1ccccc1C(B1OC(C)(C)C(C)(C)O1)c1cc(C(C)(C)C)c(O)c(C(C)(C)C)c1. The molecule has 1 saturated heterocycles. The van der Waals surface area contributed by atoms with Crippen LogP contribution >= 0.6 is 0 Å². The van der Waals surface area contributed by atoms with Gasteiger partial charge >= 0.3 is 7.12 Å². The maximum atomic E-state index is 11.3. The van der Waals surface area contributed by atoms with E-state index in [0.29, 0.717) is 5.75 Å². The monoisotopic (exact) mass is 436 g/mol. The molecule has 0 bridgehead atoms. The molecule has 1 fully saturated rings. The van der Waals surface area contributed by atoms with Gasteiger partial charge in [0.1, 0.15) is 5.75 Å². The van der Waals surface area contributed by atoms with Crippen LogP contribution in [-0.4, -0.2) is 23.4 Å². The third-order valence-electron chi connectivity index (χ3n) is 7.17. The van der Waals surface area contributed by atoms with Crippen LogP contribution in [0.15, 0.2) is 36.4 Å². The van der Waals surface area contributed by atoms with Crippen LogP contribution in [0.25, 0.3) is 0 Å². The molecule has 1 atom stereocenters. The zero-order valence-corrected chi connectivity index (χ0v) is 21.9. The van der Waals surface area contributed by atoms with E-state index in [0.717, 1.165) is 16.7 Å². The lowest BCUT2D eigenvalue weighted by molar-refractivity contribution is 0.00578. The number of phenolic OH excluding ortho intramolecular Hbond substituents is 1. The molecule has 2 aromatic rings. The first kappa shape index (κ1) is 24.9. The Kier molecular flexibility index (Phi) is 6.15. The normalized spacial score (nSPS) is 19.3. The summed E-state index contributed by atoms with van der Waals surface area (Å²) in [5.74, 6) is 0.284. The fraction of sp³-hybridized carbons (Fsp3) is 0.571. The van der Waals surface area contributed by atoms with Crippen molar-refractivity contribution in [1.29, 1.82) is 0 Å². The van der Waals surface area contributed by atoms with Gasteiger partial charge in [0.25, 0.3) is 0 Å². The van der Waals surface area contributed by atoms with E-state index in [1.807, 2.05) is 0 Å². The molecule has 2 aromatic carbocycles. The topological polar surface area (TPSA) is 38.7 Å². The van der Waals surface area contributed by atoms with Crippen LogP contribution in [0.2, 0.25) is 0 Å². The number of hydrogen-bond acceptors (Lipinski definition) is 3. The van der Waals surface area contributed by atoms with Crippen molar-refractivity contribution in [1.82, 2.24) is 0 Å². The second-order valence-electron chi connectivity index (χ2n) is 12.4. The van der Waals surface area contributed by atoms with Gasteiger partial charge in [-0.2, -0.15) is 0 Å². The molecule has 1 aliphatic heterocycles. The van der Waals surface area contributed by atoms with Crippen molar-refractivity contribution >= 4 is 7.12 Å². The van der Waals surface area contributed by atoms with Gasteiger partial charge in [0, 0.05) is 5.82 Å². The number of rotatable bonds is 3. The third-order valence-corrected chi connectivity index (χ3v) is 7.17. The minimum Gasteiger partial charge on any atom is -0.507 e. The van der Waals surface area contributed by atoms with E-state index in [4.69, 9.17) is 9.31 Å². The van der Waals surface area contributed by atoms with Gasteiger partial charge < -0.3 is 14.4 Å². The van der Waals surface area contributed by atoms with Crippen LogP contribution in [0.1, 0.15) is 103 Å².